The van der Waals surface area contributed by atoms with Crippen LogP contribution in [0.3, 0.4) is 0 Å². The standard InChI is InChI=1S/C24H37NO11/c1-24(2)35-21-20-19(34-23(21)36-24)15-17(31-12-6-5-7-13(32-20)25(12)15)14-16-11(8-28-9-26-3)30-22(33-16)18(14)29-10-27-4/h11-23H,5-10H2,1-4H3/t11-,12-,13-,14-,15-,16+,17+,18-,19+,20-,21+,22+,23+/m1/s1. The Morgan fingerprint density at radius 3 is 2.31 bits per heavy atom. The van der Waals surface area contributed by atoms with Crippen molar-refractivity contribution in [2.75, 3.05) is 34.4 Å². The van der Waals surface area contributed by atoms with E-state index in [-0.39, 0.29) is 80.7 Å². The molecule has 0 radical (unpaired) electrons. The molecule has 7 aliphatic rings. The molecule has 7 aliphatic heterocycles. The van der Waals surface area contributed by atoms with E-state index in [1.54, 1.807) is 14.2 Å². The zero-order valence-corrected chi connectivity index (χ0v) is 21.2. The number of methoxy groups -OCH3 is 2. The van der Waals surface area contributed by atoms with E-state index < -0.39 is 18.4 Å². The number of hydrogen-bond donors (Lipinski definition) is 0. The molecule has 36 heavy (non-hydrogen) atoms. The molecule has 7 heterocycles. The Morgan fingerprint density at radius 1 is 0.778 bits per heavy atom. The van der Waals surface area contributed by atoms with Gasteiger partial charge in [0, 0.05) is 20.1 Å². The van der Waals surface area contributed by atoms with Crippen molar-refractivity contribution in [2.45, 2.75) is 113 Å². The quantitative estimate of drug-likeness (QED) is 0.332. The van der Waals surface area contributed by atoms with Gasteiger partial charge in [-0.05, 0) is 33.1 Å². The van der Waals surface area contributed by atoms with E-state index in [2.05, 4.69) is 4.90 Å². The van der Waals surface area contributed by atoms with Crippen LogP contribution in [0.15, 0.2) is 0 Å². The second-order valence-electron chi connectivity index (χ2n) is 11.1. The zero-order chi connectivity index (χ0) is 24.6. The minimum Gasteiger partial charge on any atom is -0.359 e. The predicted molar refractivity (Wildman–Crippen MR) is 117 cm³/mol. The molecule has 0 aromatic heterocycles. The second-order valence-corrected chi connectivity index (χ2v) is 11.1. The minimum atomic E-state index is -0.703. The van der Waals surface area contributed by atoms with Crippen molar-refractivity contribution in [2.24, 2.45) is 5.92 Å². The molecule has 0 unspecified atom stereocenters. The SMILES string of the molecule is COCOC[C@H]1O[C@H]2O[C@@H]1[C@H]([C@@H]1O[C@@H]3CCC[C@H]4O[C@H]5[C@@H]6OC(C)(C)O[C@@H]6O[C@H]5[C@@H]1N43)[C@H]2OCOC. The van der Waals surface area contributed by atoms with Crippen molar-refractivity contribution in [3.63, 3.8) is 0 Å². The molecule has 0 aliphatic carbocycles. The van der Waals surface area contributed by atoms with Gasteiger partial charge >= 0.3 is 0 Å². The van der Waals surface area contributed by atoms with Crippen molar-refractivity contribution in [3.05, 3.63) is 0 Å². The predicted octanol–water partition coefficient (Wildman–Crippen LogP) is 0.517. The molecule has 13 atom stereocenters. The number of piperidine rings is 1. The minimum absolute atomic E-state index is 0.0478. The fourth-order valence-electron chi connectivity index (χ4n) is 7.31. The summed E-state index contributed by atoms with van der Waals surface area (Å²) in [6.07, 6.45) is 0.0100. The molecule has 204 valence electrons. The van der Waals surface area contributed by atoms with Gasteiger partial charge in [0.05, 0.1) is 24.9 Å². The van der Waals surface area contributed by atoms with Crippen LogP contribution in [-0.4, -0.2) is 119 Å². The zero-order valence-electron chi connectivity index (χ0n) is 21.2. The number of nitrogens with zero attached hydrogens (tertiary/aromatic N) is 1. The molecule has 2 bridgehead atoms. The van der Waals surface area contributed by atoms with Crippen LogP contribution in [0.1, 0.15) is 33.1 Å². The summed E-state index contributed by atoms with van der Waals surface area (Å²) < 4.78 is 66.8. The summed E-state index contributed by atoms with van der Waals surface area (Å²) >= 11 is 0. The van der Waals surface area contributed by atoms with Crippen LogP contribution in [-0.2, 0) is 52.1 Å². The van der Waals surface area contributed by atoms with Gasteiger partial charge in [-0.15, -0.1) is 0 Å². The van der Waals surface area contributed by atoms with Crippen LogP contribution >= 0.6 is 0 Å². The van der Waals surface area contributed by atoms with E-state index in [0.717, 1.165) is 19.3 Å². The molecular formula is C24H37NO11. The third-order valence-corrected chi connectivity index (χ3v) is 8.47. The Kier molecular flexibility index (Phi) is 6.35. The van der Waals surface area contributed by atoms with Crippen molar-refractivity contribution >= 4 is 0 Å². The third-order valence-electron chi connectivity index (χ3n) is 8.47. The Hall–Kier alpha value is -0.480. The van der Waals surface area contributed by atoms with E-state index >= 15 is 0 Å². The maximum absolute atomic E-state index is 6.83. The topological polar surface area (TPSA) is 105 Å². The highest BCUT2D eigenvalue weighted by Crippen LogP contribution is 2.53. The molecule has 7 fully saturated rings. The summed E-state index contributed by atoms with van der Waals surface area (Å²) in [4.78, 5) is 2.37. The van der Waals surface area contributed by atoms with E-state index in [0.29, 0.717) is 6.61 Å². The van der Waals surface area contributed by atoms with E-state index in [4.69, 9.17) is 52.1 Å². The Balaban J connectivity index is 1.19. The van der Waals surface area contributed by atoms with Crippen molar-refractivity contribution in [3.8, 4) is 0 Å². The average molecular weight is 516 g/mol. The molecule has 12 nitrogen and oxygen atoms in total. The van der Waals surface area contributed by atoms with Crippen molar-refractivity contribution in [1.82, 2.24) is 4.90 Å². The molecule has 0 spiro atoms. The number of fused-ring (bicyclic) bond motifs is 6. The normalized spacial score (nSPS) is 52.5. The van der Waals surface area contributed by atoms with Gasteiger partial charge in [0.15, 0.2) is 18.4 Å². The molecule has 7 saturated heterocycles. The summed E-state index contributed by atoms with van der Waals surface area (Å²) in [5.41, 5.74) is 0. The Morgan fingerprint density at radius 2 is 1.53 bits per heavy atom. The van der Waals surface area contributed by atoms with Crippen LogP contribution in [0.25, 0.3) is 0 Å². The Labute approximate surface area is 210 Å². The van der Waals surface area contributed by atoms with Crippen LogP contribution in [0.5, 0.6) is 0 Å². The van der Waals surface area contributed by atoms with Crippen LogP contribution in [0.2, 0.25) is 0 Å². The maximum atomic E-state index is 6.83. The Bertz CT molecular complexity index is 817. The lowest BCUT2D eigenvalue weighted by molar-refractivity contribution is -0.270. The lowest BCUT2D eigenvalue weighted by Gasteiger charge is -2.49. The maximum Gasteiger partial charge on any atom is 0.190 e. The first kappa shape index (κ1) is 24.6. The van der Waals surface area contributed by atoms with E-state index in [9.17, 15) is 0 Å². The van der Waals surface area contributed by atoms with Gasteiger partial charge in [-0.3, -0.25) is 0 Å². The highest BCUT2D eigenvalue weighted by atomic mass is 16.8. The van der Waals surface area contributed by atoms with Crippen molar-refractivity contribution < 1.29 is 52.1 Å². The van der Waals surface area contributed by atoms with E-state index in [1.807, 2.05) is 13.8 Å². The fraction of sp³-hybridized carbons (Fsp3) is 1.00. The van der Waals surface area contributed by atoms with Gasteiger partial charge < -0.3 is 52.1 Å². The summed E-state index contributed by atoms with van der Waals surface area (Å²) in [6, 6.07) is -0.0536. The van der Waals surface area contributed by atoms with Crippen LogP contribution in [0.4, 0.5) is 0 Å². The van der Waals surface area contributed by atoms with Crippen LogP contribution in [0, 0.1) is 5.92 Å². The number of rotatable bonds is 8. The largest absolute Gasteiger partial charge is 0.359 e. The second kappa shape index (κ2) is 9.32. The van der Waals surface area contributed by atoms with Gasteiger partial charge in [0.25, 0.3) is 0 Å². The van der Waals surface area contributed by atoms with Gasteiger partial charge in [-0.1, -0.05) is 0 Å². The molecule has 0 aromatic carbocycles. The summed E-state index contributed by atoms with van der Waals surface area (Å²) in [5, 5.41) is 0. The fourth-order valence-corrected chi connectivity index (χ4v) is 7.31. The van der Waals surface area contributed by atoms with Gasteiger partial charge in [-0.25, -0.2) is 4.90 Å². The van der Waals surface area contributed by atoms with Gasteiger partial charge in [0.2, 0.25) is 0 Å². The van der Waals surface area contributed by atoms with E-state index in [1.165, 1.54) is 0 Å². The average Bonchev–Trinajstić information content (AvgIpc) is 3.63. The summed E-state index contributed by atoms with van der Waals surface area (Å²) in [6.45, 7) is 4.52. The lowest BCUT2D eigenvalue weighted by atomic mass is 9.80. The number of ether oxygens (including phenoxy) is 11. The smallest absolute Gasteiger partial charge is 0.190 e. The highest BCUT2D eigenvalue weighted by Gasteiger charge is 2.70. The van der Waals surface area contributed by atoms with Gasteiger partial charge in [0.1, 0.15) is 56.6 Å². The molecule has 0 saturated carbocycles. The molecule has 7 rings (SSSR count). The molecule has 0 N–H and O–H groups in total. The number of hydrogen-bond acceptors (Lipinski definition) is 12. The van der Waals surface area contributed by atoms with Gasteiger partial charge in [-0.2, -0.15) is 0 Å². The third kappa shape index (κ3) is 3.81. The first-order valence-electron chi connectivity index (χ1n) is 13.1. The monoisotopic (exact) mass is 515 g/mol. The van der Waals surface area contributed by atoms with Crippen LogP contribution < -0.4 is 0 Å². The summed E-state index contributed by atoms with van der Waals surface area (Å²) in [5.74, 6) is -0.807. The molecular weight excluding hydrogens is 478 g/mol. The molecule has 0 amide bonds. The van der Waals surface area contributed by atoms with Crippen molar-refractivity contribution in [1.29, 1.82) is 0 Å². The molecule has 12 heteroatoms. The first-order chi connectivity index (χ1) is 17.5. The molecule has 0 aromatic rings. The first-order valence-corrected chi connectivity index (χ1v) is 13.1. The lowest BCUT2D eigenvalue weighted by Crippen LogP contribution is -2.65. The summed E-state index contributed by atoms with van der Waals surface area (Å²) in [7, 11) is 3.21. The highest BCUT2D eigenvalue weighted by molar-refractivity contribution is 5.14.